The quantitative estimate of drug-likeness (QED) is 0.0669. The summed E-state index contributed by atoms with van der Waals surface area (Å²) in [6.07, 6.45) is 6.17. The molecule has 0 spiro atoms. The number of nitrogens with one attached hydrogen (secondary N) is 6. The summed E-state index contributed by atoms with van der Waals surface area (Å²) in [7, 11) is 0. The zero-order valence-electron chi connectivity index (χ0n) is 27.2. The number of hydrogen-bond donors (Lipinski definition) is 10. The largest absolute Gasteiger partial charge is 0.480 e. The van der Waals surface area contributed by atoms with E-state index in [1.807, 2.05) is 38.1 Å². The first-order valence-corrected chi connectivity index (χ1v) is 16.0. The predicted octanol–water partition coefficient (Wildman–Crippen LogP) is -0.805. The summed E-state index contributed by atoms with van der Waals surface area (Å²) in [5.74, 6) is -4.06. The average Bonchev–Trinajstić information content (AvgIpc) is 3.72. The van der Waals surface area contributed by atoms with Gasteiger partial charge in [0.15, 0.2) is 0 Å². The molecule has 0 unspecified atom stereocenters. The molecule has 5 atom stereocenters. The number of nitrogens with zero attached hydrogens (tertiary/aromatic N) is 1. The Morgan fingerprint density at radius 2 is 1.48 bits per heavy atom. The number of H-pyrrole nitrogens is 2. The monoisotopic (exact) mass is 669 g/mol. The van der Waals surface area contributed by atoms with E-state index in [1.165, 1.54) is 12.5 Å². The molecule has 0 aliphatic carbocycles. The number of aliphatic carboxylic acids is 1. The lowest BCUT2D eigenvalue weighted by molar-refractivity contribution is -0.143. The molecule has 2 aromatic heterocycles. The van der Waals surface area contributed by atoms with Crippen molar-refractivity contribution in [2.24, 2.45) is 17.4 Å². The van der Waals surface area contributed by atoms with Gasteiger partial charge in [-0.25, -0.2) is 9.78 Å². The molecule has 3 rings (SSSR count). The fourth-order valence-electron chi connectivity index (χ4n) is 5.21. The zero-order valence-corrected chi connectivity index (χ0v) is 27.2. The van der Waals surface area contributed by atoms with Crippen LogP contribution >= 0.6 is 0 Å². The van der Waals surface area contributed by atoms with Crippen molar-refractivity contribution in [1.82, 2.24) is 36.2 Å². The highest BCUT2D eigenvalue weighted by molar-refractivity contribution is 5.96. The molecule has 0 bridgehead atoms. The van der Waals surface area contributed by atoms with Crippen molar-refractivity contribution < 1.29 is 34.2 Å². The van der Waals surface area contributed by atoms with Crippen LogP contribution in [0.25, 0.3) is 10.9 Å². The van der Waals surface area contributed by atoms with Crippen molar-refractivity contribution >= 4 is 40.5 Å². The van der Waals surface area contributed by atoms with Crippen molar-refractivity contribution in [2.45, 2.75) is 82.6 Å². The molecule has 0 radical (unpaired) electrons. The number of para-hydroxylation sites is 1. The Morgan fingerprint density at radius 1 is 0.854 bits per heavy atom. The molecule has 2 heterocycles. The predicted molar refractivity (Wildman–Crippen MR) is 177 cm³/mol. The topological polar surface area (TPSA) is 270 Å². The molecule has 4 amide bonds. The Labute approximate surface area is 278 Å². The molecule has 0 fully saturated rings. The molecular formula is C32H47N9O7. The third-order valence-electron chi connectivity index (χ3n) is 7.78. The van der Waals surface area contributed by atoms with E-state index in [-0.39, 0.29) is 25.2 Å². The first kappa shape index (κ1) is 37.7. The molecule has 48 heavy (non-hydrogen) atoms. The number of aromatic nitrogens is 3. The molecule has 1 aromatic carbocycles. The fraction of sp³-hybridized carbons (Fsp3) is 0.500. The first-order valence-electron chi connectivity index (χ1n) is 16.0. The van der Waals surface area contributed by atoms with E-state index in [2.05, 4.69) is 36.2 Å². The number of hydrogen-bond acceptors (Lipinski definition) is 9. The van der Waals surface area contributed by atoms with Gasteiger partial charge in [0.25, 0.3) is 0 Å². The Balaban J connectivity index is 1.91. The number of aliphatic hydroxyl groups is 1. The molecule has 262 valence electrons. The number of amides is 4. The Bertz CT molecular complexity index is 1510. The standard InChI is InChI=1S/C32H47N9O7/c1-18(2)11-22(34)28(43)39-26(13-20-15-35-17-37-20)31(46)40-25(12-19-14-36-23-8-4-3-7-21(19)23)30(45)38-24(9-5-6-10-33)29(44)41-27(16-42)32(47)48/h3-4,7-8,14-15,17-18,22,24-27,36,42H,5-6,9-13,16,33-34H2,1-2H3,(H,35,37)(H,38,45)(H,39,43)(H,40,46)(H,41,44)(H,47,48)/t22-,24-,25-,26-,27-/m0/s1. The van der Waals surface area contributed by atoms with Crippen LogP contribution in [-0.2, 0) is 36.8 Å². The smallest absolute Gasteiger partial charge is 0.328 e. The lowest BCUT2D eigenvalue weighted by Gasteiger charge is -2.26. The summed E-state index contributed by atoms with van der Waals surface area (Å²) in [5.41, 5.74) is 13.8. The molecular weight excluding hydrogens is 622 g/mol. The first-order chi connectivity index (χ1) is 22.9. The number of carboxylic acids is 1. The number of imidazole rings is 1. The highest BCUT2D eigenvalue weighted by atomic mass is 16.4. The highest BCUT2D eigenvalue weighted by Gasteiger charge is 2.32. The highest BCUT2D eigenvalue weighted by Crippen LogP contribution is 2.19. The molecule has 0 aliphatic heterocycles. The van der Waals surface area contributed by atoms with Crippen LogP contribution in [0.1, 0.15) is 50.8 Å². The van der Waals surface area contributed by atoms with Crippen LogP contribution in [-0.4, -0.2) is 98.1 Å². The van der Waals surface area contributed by atoms with Gasteiger partial charge in [-0.1, -0.05) is 32.0 Å². The summed E-state index contributed by atoms with van der Waals surface area (Å²) in [6, 6.07) is 1.38. The minimum absolute atomic E-state index is 0.00467. The Kier molecular flexibility index (Phi) is 14.5. The van der Waals surface area contributed by atoms with Crippen molar-refractivity contribution in [3.05, 3.63) is 54.2 Å². The number of unbranched alkanes of at least 4 members (excludes halogenated alkanes) is 1. The Morgan fingerprint density at radius 3 is 2.10 bits per heavy atom. The van der Waals surface area contributed by atoms with Crippen molar-refractivity contribution in [2.75, 3.05) is 13.2 Å². The summed E-state index contributed by atoms with van der Waals surface area (Å²) in [5, 5.41) is 29.9. The van der Waals surface area contributed by atoms with Crippen LogP contribution in [0.2, 0.25) is 0 Å². The number of fused-ring (bicyclic) bond motifs is 1. The third-order valence-corrected chi connectivity index (χ3v) is 7.78. The van der Waals surface area contributed by atoms with Gasteiger partial charge in [-0.15, -0.1) is 0 Å². The minimum Gasteiger partial charge on any atom is -0.480 e. The van der Waals surface area contributed by atoms with E-state index in [1.54, 1.807) is 6.20 Å². The van der Waals surface area contributed by atoms with Gasteiger partial charge in [0, 0.05) is 41.8 Å². The third kappa shape index (κ3) is 11.2. The van der Waals surface area contributed by atoms with Crippen molar-refractivity contribution in [3.8, 4) is 0 Å². The molecule has 0 saturated heterocycles. The van der Waals surface area contributed by atoms with Crippen molar-refractivity contribution in [3.63, 3.8) is 0 Å². The summed E-state index contributed by atoms with van der Waals surface area (Å²) >= 11 is 0. The number of carboxylic acid groups (broad SMARTS) is 1. The van der Waals surface area contributed by atoms with Gasteiger partial charge in [0.1, 0.15) is 24.2 Å². The zero-order chi connectivity index (χ0) is 35.2. The van der Waals surface area contributed by atoms with Crippen molar-refractivity contribution in [1.29, 1.82) is 0 Å². The van der Waals surface area contributed by atoms with Gasteiger partial charge in [0.2, 0.25) is 23.6 Å². The lowest BCUT2D eigenvalue weighted by Crippen LogP contribution is -2.59. The summed E-state index contributed by atoms with van der Waals surface area (Å²) in [4.78, 5) is 75.5. The maximum Gasteiger partial charge on any atom is 0.328 e. The van der Waals surface area contributed by atoms with E-state index in [4.69, 9.17) is 11.5 Å². The van der Waals surface area contributed by atoms with E-state index in [0.717, 1.165) is 10.9 Å². The number of nitrogens with two attached hydrogens (primary N) is 2. The summed E-state index contributed by atoms with van der Waals surface area (Å²) in [6.45, 7) is 3.32. The second kappa shape index (κ2) is 18.5. The number of carbonyl (C=O) groups is 5. The van der Waals surface area contributed by atoms with Crippen LogP contribution < -0.4 is 32.7 Å². The Hall–Kier alpha value is -4.80. The van der Waals surface area contributed by atoms with Crippen LogP contribution in [0, 0.1) is 5.92 Å². The van der Waals surface area contributed by atoms with Gasteiger partial charge >= 0.3 is 5.97 Å². The second-order valence-electron chi connectivity index (χ2n) is 12.1. The number of benzene rings is 1. The van der Waals surface area contributed by atoms with Gasteiger partial charge < -0.3 is 52.9 Å². The minimum atomic E-state index is -1.58. The number of aromatic amines is 2. The van der Waals surface area contributed by atoms with Gasteiger partial charge in [-0.05, 0) is 49.8 Å². The van der Waals surface area contributed by atoms with Gasteiger partial charge in [0.05, 0.1) is 19.0 Å². The fourth-order valence-corrected chi connectivity index (χ4v) is 5.21. The van der Waals surface area contributed by atoms with Gasteiger partial charge in [-0.3, -0.25) is 19.2 Å². The maximum absolute atomic E-state index is 13.9. The maximum atomic E-state index is 13.9. The SMILES string of the molecule is CC(C)C[C@H](N)C(=O)N[C@@H](Cc1cnc[nH]1)C(=O)N[C@@H](Cc1c[nH]c2ccccc12)C(=O)N[C@@H](CCCCN)C(=O)N[C@@H](CO)C(=O)O. The summed E-state index contributed by atoms with van der Waals surface area (Å²) < 4.78 is 0. The van der Waals surface area contributed by atoms with E-state index in [0.29, 0.717) is 37.1 Å². The average molecular weight is 670 g/mol. The number of carbonyl (C=O) groups excluding carboxylic acids is 4. The molecule has 3 aromatic rings. The lowest BCUT2D eigenvalue weighted by atomic mass is 10.0. The van der Waals surface area contributed by atoms with Crippen LogP contribution in [0.4, 0.5) is 0 Å². The molecule has 16 nitrogen and oxygen atoms in total. The van der Waals surface area contributed by atoms with Crippen LogP contribution in [0.3, 0.4) is 0 Å². The van der Waals surface area contributed by atoms with E-state index in [9.17, 15) is 34.2 Å². The molecule has 12 N–H and O–H groups in total. The number of rotatable bonds is 20. The molecule has 0 aliphatic rings. The van der Waals surface area contributed by atoms with Crippen LogP contribution in [0.5, 0.6) is 0 Å². The van der Waals surface area contributed by atoms with E-state index >= 15 is 0 Å². The van der Waals surface area contributed by atoms with E-state index < -0.39 is 66.4 Å². The van der Waals surface area contributed by atoms with Gasteiger partial charge in [-0.2, -0.15) is 0 Å². The second-order valence-corrected chi connectivity index (χ2v) is 12.1. The molecule has 16 heteroatoms. The van der Waals surface area contributed by atoms with Crippen LogP contribution in [0.15, 0.2) is 43.0 Å². The number of aliphatic hydroxyl groups excluding tert-OH is 1. The molecule has 0 saturated carbocycles. The normalized spacial score (nSPS) is 14.5.